The molecule has 0 heterocycles. The lowest BCUT2D eigenvalue weighted by atomic mass is 10.1. The van der Waals surface area contributed by atoms with Crippen LogP contribution in [0.3, 0.4) is 0 Å². The van der Waals surface area contributed by atoms with Gasteiger partial charge in [-0.05, 0) is 35.9 Å². The first-order valence-electron chi connectivity index (χ1n) is 6.44. The Balaban J connectivity index is 2.29. The second-order valence-corrected chi connectivity index (χ2v) is 6.09. The first-order valence-corrected chi connectivity index (χ1v) is 7.65. The zero-order valence-electron chi connectivity index (χ0n) is 12.0. The van der Waals surface area contributed by atoms with E-state index < -0.39 is 0 Å². The monoisotopic (exact) mass is 364 g/mol. The zero-order valence-corrected chi connectivity index (χ0v) is 14.4. The van der Waals surface area contributed by atoms with Crippen LogP contribution in [0.1, 0.15) is 11.1 Å². The van der Waals surface area contributed by atoms with Crippen molar-refractivity contribution in [1.82, 2.24) is 0 Å². The lowest BCUT2D eigenvalue weighted by Crippen LogP contribution is -2.21. The topological polar surface area (TPSA) is 38.5 Å². The Morgan fingerprint density at radius 1 is 1.29 bits per heavy atom. The number of nitrogens with two attached hydrogens (primary N) is 1. The molecule has 21 heavy (non-hydrogen) atoms. The van der Waals surface area contributed by atoms with Crippen molar-refractivity contribution in [2.75, 3.05) is 19.1 Å². The molecule has 0 amide bonds. The molecule has 2 rings (SSSR count). The molecule has 0 radical (unpaired) electrons. The maximum Gasteiger partial charge on any atom is 0.119 e. The summed E-state index contributed by atoms with van der Waals surface area (Å²) in [5.41, 5.74) is 8.84. The summed E-state index contributed by atoms with van der Waals surface area (Å²) in [6.45, 7) is 0.739. The van der Waals surface area contributed by atoms with Gasteiger partial charge in [-0.2, -0.15) is 0 Å². The Morgan fingerprint density at radius 2 is 2.05 bits per heavy atom. The van der Waals surface area contributed by atoms with Crippen molar-refractivity contribution in [1.29, 1.82) is 0 Å². The molecule has 3 nitrogen and oxygen atoms in total. The SMILES string of the molecule is COc1cccc(CN(C)c2cc(Br)ccc2C(N)=S)c1. The summed E-state index contributed by atoms with van der Waals surface area (Å²) < 4.78 is 6.25. The van der Waals surface area contributed by atoms with Crippen molar-refractivity contribution in [3.63, 3.8) is 0 Å². The third kappa shape index (κ3) is 3.95. The second kappa shape index (κ2) is 6.91. The van der Waals surface area contributed by atoms with Crippen LogP contribution >= 0.6 is 28.1 Å². The lowest BCUT2D eigenvalue weighted by molar-refractivity contribution is 0.414. The maximum absolute atomic E-state index is 5.81. The fourth-order valence-electron chi connectivity index (χ4n) is 2.16. The number of benzene rings is 2. The Labute approximate surface area is 138 Å². The molecule has 110 valence electrons. The van der Waals surface area contributed by atoms with Crippen molar-refractivity contribution < 1.29 is 4.74 Å². The van der Waals surface area contributed by atoms with Gasteiger partial charge < -0.3 is 15.4 Å². The molecular formula is C16H17BrN2OS. The highest BCUT2D eigenvalue weighted by atomic mass is 79.9. The summed E-state index contributed by atoms with van der Waals surface area (Å²) in [5, 5.41) is 0. The van der Waals surface area contributed by atoms with Crippen LogP contribution in [0, 0.1) is 0 Å². The van der Waals surface area contributed by atoms with Gasteiger partial charge in [0, 0.05) is 29.3 Å². The standard InChI is InChI=1S/C16H17BrN2OS/c1-19(10-11-4-3-5-13(8-11)20-2)15-9-12(17)6-7-14(15)16(18)21/h3-9H,10H2,1-2H3,(H2,18,21). The summed E-state index contributed by atoms with van der Waals surface area (Å²) in [5.74, 6) is 0.852. The molecule has 2 aromatic carbocycles. The van der Waals surface area contributed by atoms with E-state index >= 15 is 0 Å². The predicted octanol–water partition coefficient (Wildman–Crippen LogP) is 3.73. The van der Waals surface area contributed by atoms with Crippen LogP contribution in [-0.4, -0.2) is 19.1 Å². The van der Waals surface area contributed by atoms with Crippen LogP contribution in [0.5, 0.6) is 5.75 Å². The van der Waals surface area contributed by atoms with Crippen molar-refractivity contribution >= 4 is 38.8 Å². The molecule has 2 N–H and O–H groups in total. The van der Waals surface area contributed by atoms with E-state index in [1.54, 1.807) is 7.11 Å². The fourth-order valence-corrected chi connectivity index (χ4v) is 2.68. The molecule has 0 unspecified atom stereocenters. The van der Waals surface area contributed by atoms with Crippen LogP contribution in [0.15, 0.2) is 46.9 Å². The highest BCUT2D eigenvalue weighted by molar-refractivity contribution is 9.10. The van der Waals surface area contributed by atoms with Crippen LogP contribution < -0.4 is 15.4 Å². The van der Waals surface area contributed by atoms with Gasteiger partial charge in [-0.1, -0.05) is 40.3 Å². The zero-order chi connectivity index (χ0) is 15.4. The van der Waals surface area contributed by atoms with Crippen molar-refractivity contribution in [2.24, 2.45) is 5.73 Å². The molecular weight excluding hydrogens is 348 g/mol. The summed E-state index contributed by atoms with van der Waals surface area (Å²) >= 11 is 8.62. The summed E-state index contributed by atoms with van der Waals surface area (Å²) in [6.07, 6.45) is 0. The summed E-state index contributed by atoms with van der Waals surface area (Å²) in [4.78, 5) is 2.52. The average molecular weight is 365 g/mol. The maximum atomic E-state index is 5.81. The molecule has 0 aliphatic rings. The van der Waals surface area contributed by atoms with Gasteiger partial charge in [0.1, 0.15) is 10.7 Å². The van der Waals surface area contributed by atoms with Crippen molar-refractivity contribution in [2.45, 2.75) is 6.54 Å². The molecule has 0 saturated carbocycles. The molecule has 0 aliphatic carbocycles. The van der Waals surface area contributed by atoms with Gasteiger partial charge in [-0.25, -0.2) is 0 Å². The first kappa shape index (κ1) is 15.8. The summed E-state index contributed by atoms with van der Waals surface area (Å²) in [7, 11) is 3.69. The van der Waals surface area contributed by atoms with Crippen LogP contribution in [0.25, 0.3) is 0 Å². The number of ether oxygens (including phenoxy) is 1. The van der Waals surface area contributed by atoms with Crippen molar-refractivity contribution in [3.05, 3.63) is 58.1 Å². The molecule has 0 aromatic heterocycles. The molecule has 2 aromatic rings. The average Bonchev–Trinajstić information content (AvgIpc) is 2.47. The third-order valence-electron chi connectivity index (χ3n) is 3.19. The van der Waals surface area contributed by atoms with Gasteiger partial charge in [0.2, 0.25) is 0 Å². The minimum Gasteiger partial charge on any atom is -0.497 e. The Bertz CT molecular complexity index is 660. The highest BCUT2D eigenvalue weighted by Crippen LogP contribution is 2.26. The Morgan fingerprint density at radius 3 is 2.71 bits per heavy atom. The van der Waals surface area contributed by atoms with Crippen LogP contribution in [0.4, 0.5) is 5.69 Å². The first-order chi connectivity index (χ1) is 10.0. The number of halogens is 1. The number of hydrogen-bond donors (Lipinski definition) is 1. The smallest absolute Gasteiger partial charge is 0.119 e. The van der Waals surface area contributed by atoms with Gasteiger partial charge in [0.25, 0.3) is 0 Å². The highest BCUT2D eigenvalue weighted by Gasteiger charge is 2.11. The number of nitrogens with zero attached hydrogens (tertiary/aromatic N) is 1. The minimum absolute atomic E-state index is 0.398. The fraction of sp³-hybridized carbons (Fsp3) is 0.188. The van der Waals surface area contributed by atoms with E-state index in [0.29, 0.717) is 4.99 Å². The van der Waals surface area contributed by atoms with Gasteiger partial charge in [-0.15, -0.1) is 0 Å². The number of thiocarbonyl (C=S) groups is 1. The van der Waals surface area contributed by atoms with Gasteiger partial charge in [0.15, 0.2) is 0 Å². The van der Waals surface area contributed by atoms with Crippen LogP contribution in [0.2, 0.25) is 0 Å². The van der Waals surface area contributed by atoms with E-state index in [4.69, 9.17) is 22.7 Å². The normalized spacial score (nSPS) is 10.2. The van der Waals surface area contributed by atoms with E-state index in [-0.39, 0.29) is 0 Å². The Kier molecular flexibility index (Phi) is 5.20. The Hall–Kier alpha value is -1.59. The van der Waals surface area contributed by atoms with Crippen molar-refractivity contribution in [3.8, 4) is 5.75 Å². The largest absolute Gasteiger partial charge is 0.497 e. The molecule has 0 bridgehead atoms. The number of anilines is 1. The van der Waals surface area contributed by atoms with Crippen LogP contribution in [-0.2, 0) is 6.54 Å². The van der Waals surface area contributed by atoms with E-state index in [1.165, 1.54) is 0 Å². The second-order valence-electron chi connectivity index (χ2n) is 4.73. The van der Waals surface area contributed by atoms with Gasteiger partial charge in [-0.3, -0.25) is 0 Å². The predicted molar refractivity (Wildman–Crippen MR) is 95.1 cm³/mol. The van der Waals surface area contributed by atoms with E-state index in [2.05, 4.69) is 26.9 Å². The number of hydrogen-bond acceptors (Lipinski definition) is 3. The molecule has 0 fully saturated rings. The quantitative estimate of drug-likeness (QED) is 0.820. The minimum atomic E-state index is 0.398. The number of methoxy groups -OCH3 is 1. The summed E-state index contributed by atoms with van der Waals surface area (Å²) in [6, 6.07) is 13.9. The van der Waals surface area contributed by atoms with Gasteiger partial charge >= 0.3 is 0 Å². The molecule has 0 atom stereocenters. The van der Waals surface area contributed by atoms with Gasteiger partial charge in [0.05, 0.1) is 7.11 Å². The lowest BCUT2D eigenvalue weighted by Gasteiger charge is -2.23. The van der Waals surface area contributed by atoms with E-state index in [0.717, 1.165) is 33.6 Å². The molecule has 5 heteroatoms. The number of rotatable bonds is 5. The van der Waals surface area contributed by atoms with E-state index in [9.17, 15) is 0 Å². The molecule has 0 aliphatic heterocycles. The molecule has 0 spiro atoms. The van der Waals surface area contributed by atoms with E-state index in [1.807, 2.05) is 43.4 Å². The third-order valence-corrected chi connectivity index (χ3v) is 3.90. The molecule has 0 saturated heterocycles.